The number of hydrogen-bond donors (Lipinski definition) is 0. The molecule has 1 aromatic heterocycles. The summed E-state index contributed by atoms with van der Waals surface area (Å²) in [7, 11) is 6.27. The van der Waals surface area contributed by atoms with E-state index in [0.717, 1.165) is 0 Å². The highest BCUT2D eigenvalue weighted by Gasteiger charge is 2.14. The fourth-order valence-corrected chi connectivity index (χ4v) is 2.61. The zero-order valence-corrected chi connectivity index (χ0v) is 16.5. The highest BCUT2D eigenvalue weighted by Crippen LogP contribution is 2.32. The normalized spacial score (nSPS) is 10.8. The Balaban J connectivity index is 1.67. The van der Waals surface area contributed by atoms with Crippen molar-refractivity contribution in [3.8, 4) is 34.4 Å². The molecule has 0 saturated carbocycles. The van der Waals surface area contributed by atoms with Crippen LogP contribution in [-0.2, 0) is 11.4 Å². The van der Waals surface area contributed by atoms with Gasteiger partial charge in [0.1, 0.15) is 11.5 Å². The summed E-state index contributed by atoms with van der Waals surface area (Å²) in [6.45, 7) is 0.00819. The Morgan fingerprint density at radius 2 is 1.79 bits per heavy atom. The Bertz CT molecular complexity index is 986. The van der Waals surface area contributed by atoms with Gasteiger partial charge in [-0.2, -0.15) is 4.98 Å². The molecule has 0 fully saturated rings. The molecule has 3 aromatic rings. The van der Waals surface area contributed by atoms with Crippen molar-refractivity contribution in [3.63, 3.8) is 0 Å². The van der Waals surface area contributed by atoms with Crippen LogP contribution in [0, 0.1) is 0 Å². The Kier molecular flexibility index (Phi) is 6.51. The average Bonchev–Trinajstić information content (AvgIpc) is 3.24. The lowest BCUT2D eigenvalue weighted by molar-refractivity contribution is 0.107. The van der Waals surface area contributed by atoms with Crippen molar-refractivity contribution in [3.05, 3.63) is 47.9 Å². The third kappa shape index (κ3) is 4.57. The molecule has 1 heterocycles. The van der Waals surface area contributed by atoms with Gasteiger partial charge in [0.15, 0.2) is 18.1 Å². The molecule has 3 rings (SSSR count). The standard InChI is InChI=1S/C20H21N3O6/c1-24-14-8-9-15(17(10-14)26-3)20-22-18(29-23-20)12-28-21-11-13-6-5-7-16(25-2)19(13)27-4/h5-11H,12H2,1-4H3/b21-11-. The fourth-order valence-electron chi connectivity index (χ4n) is 2.61. The van der Waals surface area contributed by atoms with Gasteiger partial charge >= 0.3 is 0 Å². The Labute approximate surface area is 167 Å². The predicted molar refractivity (Wildman–Crippen MR) is 105 cm³/mol. The van der Waals surface area contributed by atoms with Crippen LogP contribution in [0.15, 0.2) is 46.1 Å². The minimum absolute atomic E-state index is 0.00819. The number of para-hydroxylation sites is 1. The zero-order valence-electron chi connectivity index (χ0n) is 16.5. The molecule has 0 bridgehead atoms. The highest BCUT2D eigenvalue weighted by atomic mass is 16.6. The molecule has 9 nitrogen and oxygen atoms in total. The Morgan fingerprint density at radius 1 is 0.966 bits per heavy atom. The summed E-state index contributed by atoms with van der Waals surface area (Å²) in [5.74, 6) is 3.05. The van der Waals surface area contributed by atoms with Gasteiger partial charge in [-0.05, 0) is 24.3 Å². The zero-order chi connectivity index (χ0) is 20.6. The minimum Gasteiger partial charge on any atom is -0.497 e. The van der Waals surface area contributed by atoms with Crippen LogP contribution in [0.2, 0.25) is 0 Å². The summed E-state index contributed by atoms with van der Waals surface area (Å²) < 4.78 is 26.4. The molecule has 0 atom stereocenters. The van der Waals surface area contributed by atoms with E-state index in [1.165, 1.54) is 6.21 Å². The molecule has 9 heteroatoms. The molecule has 0 spiro atoms. The quantitative estimate of drug-likeness (QED) is 0.399. The lowest BCUT2D eigenvalue weighted by Gasteiger charge is -2.09. The first-order valence-corrected chi connectivity index (χ1v) is 8.61. The first kappa shape index (κ1) is 20.0. The second-order valence-corrected chi connectivity index (χ2v) is 5.67. The molecule has 0 aliphatic carbocycles. The molecule has 29 heavy (non-hydrogen) atoms. The van der Waals surface area contributed by atoms with Gasteiger partial charge in [0.05, 0.1) is 40.2 Å². The first-order valence-electron chi connectivity index (χ1n) is 8.61. The van der Waals surface area contributed by atoms with Crippen molar-refractivity contribution >= 4 is 6.21 Å². The van der Waals surface area contributed by atoms with Gasteiger partial charge in [0.25, 0.3) is 5.89 Å². The van der Waals surface area contributed by atoms with E-state index in [1.807, 2.05) is 12.1 Å². The Morgan fingerprint density at radius 3 is 2.52 bits per heavy atom. The third-order valence-electron chi connectivity index (χ3n) is 4.01. The molecule has 152 valence electrons. The van der Waals surface area contributed by atoms with E-state index >= 15 is 0 Å². The van der Waals surface area contributed by atoms with Crippen LogP contribution < -0.4 is 18.9 Å². The lowest BCUT2D eigenvalue weighted by atomic mass is 10.2. The Hall–Kier alpha value is -3.75. The summed E-state index contributed by atoms with van der Waals surface area (Å²) in [6.07, 6.45) is 1.52. The topological polar surface area (TPSA) is 97.4 Å². The number of oxime groups is 1. The first-order chi connectivity index (χ1) is 14.2. The molecule has 0 aliphatic heterocycles. The number of rotatable bonds is 9. The van der Waals surface area contributed by atoms with Crippen molar-refractivity contribution in [2.45, 2.75) is 6.61 Å². The predicted octanol–water partition coefficient (Wildman–Crippen LogP) is 3.32. The van der Waals surface area contributed by atoms with Crippen LogP contribution in [0.5, 0.6) is 23.0 Å². The smallest absolute Gasteiger partial charge is 0.267 e. The van der Waals surface area contributed by atoms with Gasteiger partial charge in [-0.25, -0.2) is 0 Å². The van der Waals surface area contributed by atoms with E-state index in [-0.39, 0.29) is 12.5 Å². The van der Waals surface area contributed by atoms with Crippen LogP contribution in [-0.4, -0.2) is 44.8 Å². The van der Waals surface area contributed by atoms with Gasteiger partial charge in [-0.15, -0.1) is 0 Å². The molecule has 0 radical (unpaired) electrons. The molecule has 0 N–H and O–H groups in total. The number of aromatic nitrogens is 2. The molecular formula is C20H21N3O6. The number of benzene rings is 2. The maximum atomic E-state index is 5.36. The van der Waals surface area contributed by atoms with E-state index in [4.69, 9.17) is 28.3 Å². The minimum atomic E-state index is 0.00819. The molecule has 0 aliphatic rings. The van der Waals surface area contributed by atoms with E-state index in [2.05, 4.69) is 15.3 Å². The fraction of sp³-hybridized carbons (Fsp3) is 0.250. The monoisotopic (exact) mass is 399 g/mol. The van der Waals surface area contributed by atoms with Gasteiger partial charge < -0.3 is 28.3 Å². The number of ether oxygens (including phenoxy) is 4. The van der Waals surface area contributed by atoms with Gasteiger partial charge in [0, 0.05) is 11.6 Å². The van der Waals surface area contributed by atoms with Crippen molar-refractivity contribution in [1.82, 2.24) is 10.1 Å². The summed E-state index contributed by atoms with van der Waals surface area (Å²) in [4.78, 5) is 9.57. The number of nitrogens with zero attached hydrogens (tertiary/aromatic N) is 3. The molecule has 2 aromatic carbocycles. The van der Waals surface area contributed by atoms with Crippen LogP contribution in [0.4, 0.5) is 0 Å². The van der Waals surface area contributed by atoms with Gasteiger partial charge in [0.2, 0.25) is 5.82 Å². The second kappa shape index (κ2) is 9.45. The van der Waals surface area contributed by atoms with Crippen LogP contribution in [0.3, 0.4) is 0 Å². The SMILES string of the molecule is COc1ccc(-c2noc(CO/N=C\c3cccc(OC)c3OC)n2)c(OC)c1. The summed E-state index contributed by atoms with van der Waals surface area (Å²) in [6, 6.07) is 10.8. The second-order valence-electron chi connectivity index (χ2n) is 5.67. The van der Waals surface area contributed by atoms with E-state index in [9.17, 15) is 0 Å². The van der Waals surface area contributed by atoms with Crippen molar-refractivity contribution in [1.29, 1.82) is 0 Å². The maximum absolute atomic E-state index is 5.36. The van der Waals surface area contributed by atoms with Crippen molar-refractivity contribution in [2.24, 2.45) is 5.16 Å². The maximum Gasteiger partial charge on any atom is 0.267 e. The van der Waals surface area contributed by atoms with E-state index in [1.54, 1.807) is 52.7 Å². The van der Waals surface area contributed by atoms with Gasteiger partial charge in [-0.3, -0.25) is 0 Å². The van der Waals surface area contributed by atoms with Crippen LogP contribution >= 0.6 is 0 Å². The summed E-state index contributed by atoms with van der Waals surface area (Å²) >= 11 is 0. The summed E-state index contributed by atoms with van der Waals surface area (Å²) in [5, 5.41) is 7.89. The van der Waals surface area contributed by atoms with Gasteiger partial charge in [-0.1, -0.05) is 16.4 Å². The third-order valence-corrected chi connectivity index (χ3v) is 4.01. The molecule has 0 unspecified atom stereocenters. The number of methoxy groups -OCH3 is 4. The van der Waals surface area contributed by atoms with Crippen LogP contribution in [0.1, 0.15) is 11.5 Å². The largest absolute Gasteiger partial charge is 0.497 e. The van der Waals surface area contributed by atoms with E-state index in [0.29, 0.717) is 39.9 Å². The highest BCUT2D eigenvalue weighted by molar-refractivity contribution is 5.84. The molecule has 0 saturated heterocycles. The van der Waals surface area contributed by atoms with Crippen molar-refractivity contribution < 1.29 is 28.3 Å². The lowest BCUT2D eigenvalue weighted by Crippen LogP contribution is -1.96. The van der Waals surface area contributed by atoms with E-state index < -0.39 is 0 Å². The molecule has 0 amide bonds. The van der Waals surface area contributed by atoms with Crippen LogP contribution in [0.25, 0.3) is 11.4 Å². The van der Waals surface area contributed by atoms with Crippen molar-refractivity contribution in [2.75, 3.05) is 28.4 Å². The summed E-state index contributed by atoms with van der Waals surface area (Å²) in [5.41, 5.74) is 1.38. The molecular weight excluding hydrogens is 378 g/mol. The average molecular weight is 399 g/mol. The number of hydrogen-bond acceptors (Lipinski definition) is 9.